The smallest absolute Gasteiger partial charge is 0.150 e. The van der Waals surface area contributed by atoms with E-state index in [-0.39, 0.29) is 5.60 Å². The second kappa shape index (κ2) is 8.73. The van der Waals surface area contributed by atoms with Gasteiger partial charge in [0.15, 0.2) is 0 Å². The SMILES string of the molecule is CN1CC(C)(O)C1.Cc1cc(C=O)ccc1NSc1cccc2cccnc12. The molecule has 1 aromatic heterocycles. The van der Waals surface area contributed by atoms with Crippen LogP contribution in [0.1, 0.15) is 22.8 Å². The number of nitrogens with one attached hydrogen (secondary N) is 1. The molecule has 1 saturated heterocycles. The van der Waals surface area contributed by atoms with Gasteiger partial charge in [0, 0.05) is 35.9 Å². The lowest BCUT2D eigenvalue weighted by Crippen LogP contribution is -2.57. The number of hydrogen-bond acceptors (Lipinski definition) is 6. The molecule has 146 valence electrons. The van der Waals surface area contributed by atoms with E-state index in [0.29, 0.717) is 5.56 Å². The number of aryl methyl sites for hydroxylation is 1. The Morgan fingerprint density at radius 1 is 1.21 bits per heavy atom. The van der Waals surface area contributed by atoms with E-state index in [1.54, 1.807) is 6.20 Å². The van der Waals surface area contributed by atoms with Gasteiger partial charge in [-0.25, -0.2) is 0 Å². The van der Waals surface area contributed by atoms with Crippen LogP contribution in [0.5, 0.6) is 0 Å². The topological polar surface area (TPSA) is 65.5 Å². The van der Waals surface area contributed by atoms with Crippen molar-refractivity contribution in [3.63, 3.8) is 0 Å². The molecule has 2 aromatic carbocycles. The molecule has 2 N–H and O–H groups in total. The van der Waals surface area contributed by atoms with E-state index in [1.807, 2.05) is 57.3 Å². The van der Waals surface area contributed by atoms with E-state index in [2.05, 4.69) is 26.7 Å². The third-order valence-corrected chi connectivity index (χ3v) is 5.35. The molecular weight excluding hydrogens is 370 g/mol. The van der Waals surface area contributed by atoms with E-state index in [1.165, 1.54) is 11.9 Å². The largest absolute Gasteiger partial charge is 0.388 e. The van der Waals surface area contributed by atoms with Crippen LogP contribution in [-0.4, -0.2) is 47.0 Å². The van der Waals surface area contributed by atoms with Gasteiger partial charge in [-0.1, -0.05) is 18.2 Å². The number of aromatic nitrogens is 1. The Morgan fingerprint density at radius 3 is 2.57 bits per heavy atom. The Balaban J connectivity index is 0.000000271. The second-order valence-corrected chi connectivity index (χ2v) is 8.24. The second-order valence-electron chi connectivity index (χ2n) is 7.40. The van der Waals surface area contributed by atoms with Crippen LogP contribution in [0.15, 0.2) is 59.6 Å². The molecule has 0 radical (unpaired) electrons. The molecule has 1 aliphatic heterocycles. The molecule has 2 heterocycles. The summed E-state index contributed by atoms with van der Waals surface area (Å²) in [7, 11) is 2.00. The summed E-state index contributed by atoms with van der Waals surface area (Å²) in [5, 5.41) is 10.2. The van der Waals surface area contributed by atoms with Gasteiger partial charge in [-0.3, -0.25) is 9.78 Å². The van der Waals surface area contributed by atoms with E-state index in [9.17, 15) is 4.79 Å². The zero-order chi connectivity index (χ0) is 20.1. The summed E-state index contributed by atoms with van der Waals surface area (Å²) >= 11 is 1.53. The van der Waals surface area contributed by atoms with Crippen molar-refractivity contribution in [1.29, 1.82) is 0 Å². The zero-order valence-corrected chi connectivity index (χ0v) is 17.2. The maximum absolute atomic E-state index is 10.8. The number of para-hydroxylation sites is 1. The van der Waals surface area contributed by atoms with Crippen LogP contribution in [0, 0.1) is 6.92 Å². The lowest BCUT2D eigenvalue weighted by atomic mass is 9.98. The Bertz CT molecular complexity index is 962. The van der Waals surface area contributed by atoms with Gasteiger partial charge in [-0.2, -0.15) is 0 Å². The third-order valence-electron chi connectivity index (χ3n) is 4.47. The van der Waals surface area contributed by atoms with Gasteiger partial charge >= 0.3 is 0 Å². The standard InChI is InChI=1S/C17H14N2OS.C5H11NO/c1-12-10-13(11-20)7-8-15(12)19-21-16-6-2-4-14-5-3-9-18-17(14)16;1-5(7)3-6(2)4-5/h2-11,19H,1H3;7H,3-4H2,1-2H3. The van der Waals surface area contributed by atoms with Crippen LogP contribution in [0.25, 0.3) is 10.9 Å². The summed E-state index contributed by atoms with van der Waals surface area (Å²) in [6, 6.07) is 15.7. The van der Waals surface area contributed by atoms with Gasteiger partial charge in [-0.15, -0.1) is 0 Å². The molecule has 5 nitrogen and oxygen atoms in total. The van der Waals surface area contributed by atoms with Crippen molar-refractivity contribution < 1.29 is 9.90 Å². The highest BCUT2D eigenvalue weighted by atomic mass is 32.2. The Labute approximate surface area is 169 Å². The number of hydrogen-bond donors (Lipinski definition) is 2. The Morgan fingerprint density at radius 2 is 1.96 bits per heavy atom. The van der Waals surface area contributed by atoms with Gasteiger partial charge in [-0.05, 0) is 68.7 Å². The number of benzene rings is 2. The van der Waals surface area contributed by atoms with Crippen LogP contribution >= 0.6 is 11.9 Å². The number of aliphatic hydroxyl groups is 1. The molecule has 1 aliphatic rings. The van der Waals surface area contributed by atoms with E-state index in [4.69, 9.17) is 5.11 Å². The molecule has 3 aromatic rings. The minimum absolute atomic E-state index is 0.380. The van der Waals surface area contributed by atoms with Gasteiger partial charge in [0.05, 0.1) is 16.0 Å². The number of aldehydes is 1. The molecule has 1 fully saturated rings. The van der Waals surface area contributed by atoms with Crippen molar-refractivity contribution in [3.05, 3.63) is 65.9 Å². The summed E-state index contributed by atoms with van der Waals surface area (Å²) in [5.74, 6) is 0. The predicted molar refractivity (Wildman–Crippen MR) is 116 cm³/mol. The fourth-order valence-corrected chi connectivity index (χ4v) is 4.12. The molecule has 0 bridgehead atoms. The average molecular weight is 396 g/mol. The molecule has 6 heteroatoms. The Hall–Kier alpha value is -2.41. The molecule has 0 aliphatic carbocycles. The lowest BCUT2D eigenvalue weighted by Gasteiger charge is -2.41. The van der Waals surface area contributed by atoms with E-state index >= 15 is 0 Å². The minimum atomic E-state index is -0.380. The number of carbonyl (C=O) groups excluding carboxylic acids is 1. The van der Waals surface area contributed by atoms with Gasteiger partial charge in [0.2, 0.25) is 0 Å². The molecule has 0 unspecified atom stereocenters. The number of likely N-dealkylation sites (tertiary alicyclic amines) is 1. The molecule has 0 atom stereocenters. The predicted octanol–water partition coefficient (Wildman–Crippen LogP) is 4.16. The number of fused-ring (bicyclic) bond motifs is 1. The fraction of sp³-hybridized carbons (Fsp3) is 0.273. The number of β-amino-alcohol motifs (C(OH)–C–C–N with tert-alkyl or cyclic N) is 1. The molecular formula is C22H25N3O2S. The first kappa shape index (κ1) is 20.3. The van der Waals surface area contributed by atoms with Crippen LogP contribution < -0.4 is 4.72 Å². The summed E-state index contributed by atoms with van der Waals surface area (Å²) in [6.45, 7) is 5.49. The van der Waals surface area contributed by atoms with Gasteiger partial charge in [0.25, 0.3) is 0 Å². The lowest BCUT2D eigenvalue weighted by molar-refractivity contribution is -0.0705. The molecule has 0 amide bonds. The quantitative estimate of drug-likeness (QED) is 0.511. The molecule has 4 rings (SSSR count). The molecule has 0 spiro atoms. The zero-order valence-electron chi connectivity index (χ0n) is 16.3. The summed E-state index contributed by atoms with van der Waals surface area (Å²) in [4.78, 5) is 18.4. The average Bonchev–Trinajstić information content (AvgIpc) is 2.66. The normalized spacial score (nSPS) is 15.3. The van der Waals surface area contributed by atoms with Crippen LogP contribution in [-0.2, 0) is 0 Å². The van der Waals surface area contributed by atoms with Gasteiger partial charge in [0.1, 0.15) is 6.29 Å². The van der Waals surface area contributed by atoms with Crippen LogP contribution in [0.2, 0.25) is 0 Å². The molecule has 28 heavy (non-hydrogen) atoms. The van der Waals surface area contributed by atoms with Gasteiger partial charge < -0.3 is 14.7 Å². The van der Waals surface area contributed by atoms with Crippen molar-refractivity contribution in [3.8, 4) is 0 Å². The van der Waals surface area contributed by atoms with Crippen molar-refractivity contribution in [2.24, 2.45) is 0 Å². The first-order valence-electron chi connectivity index (χ1n) is 9.11. The van der Waals surface area contributed by atoms with Crippen molar-refractivity contribution >= 4 is 34.8 Å². The first-order chi connectivity index (χ1) is 13.4. The van der Waals surface area contributed by atoms with Crippen LogP contribution in [0.4, 0.5) is 5.69 Å². The summed E-state index contributed by atoms with van der Waals surface area (Å²) < 4.78 is 3.33. The Kier molecular flexibility index (Phi) is 6.34. The number of likely N-dealkylation sites (N-methyl/N-ethyl adjacent to an activating group) is 1. The van der Waals surface area contributed by atoms with Crippen molar-refractivity contribution in [2.45, 2.75) is 24.3 Å². The minimum Gasteiger partial charge on any atom is -0.388 e. The number of carbonyl (C=O) groups is 1. The number of nitrogens with zero attached hydrogens (tertiary/aromatic N) is 2. The summed E-state index contributed by atoms with van der Waals surface area (Å²) in [5.41, 5.74) is 3.34. The monoisotopic (exact) mass is 395 g/mol. The highest BCUT2D eigenvalue weighted by Crippen LogP contribution is 2.28. The highest BCUT2D eigenvalue weighted by Gasteiger charge is 2.33. The fourth-order valence-electron chi connectivity index (χ4n) is 3.26. The number of rotatable bonds is 4. The number of anilines is 1. The maximum Gasteiger partial charge on any atom is 0.150 e. The van der Waals surface area contributed by atoms with Crippen molar-refractivity contribution in [1.82, 2.24) is 9.88 Å². The van der Waals surface area contributed by atoms with E-state index < -0.39 is 0 Å². The molecule has 0 saturated carbocycles. The number of pyridine rings is 1. The van der Waals surface area contributed by atoms with E-state index in [0.717, 1.165) is 46.4 Å². The third kappa shape index (κ3) is 5.10. The summed E-state index contributed by atoms with van der Waals surface area (Å²) in [6.07, 6.45) is 2.66. The van der Waals surface area contributed by atoms with Crippen LogP contribution in [0.3, 0.4) is 0 Å². The highest BCUT2D eigenvalue weighted by molar-refractivity contribution is 8.00. The maximum atomic E-state index is 10.8. The first-order valence-corrected chi connectivity index (χ1v) is 9.93. The van der Waals surface area contributed by atoms with Crippen molar-refractivity contribution in [2.75, 3.05) is 24.9 Å².